The number of hydrogen-bond acceptors (Lipinski definition) is 5. The highest BCUT2D eigenvalue weighted by Gasteiger charge is 2.43. The molecule has 0 aliphatic carbocycles. The summed E-state index contributed by atoms with van der Waals surface area (Å²) < 4.78 is 64.4. The molecule has 0 saturated carbocycles. The van der Waals surface area contributed by atoms with Crippen LogP contribution < -0.4 is 10.5 Å². The normalized spacial score (nSPS) is 18.5. The first kappa shape index (κ1) is 21.6. The van der Waals surface area contributed by atoms with E-state index in [4.69, 9.17) is 10.5 Å². The molecular weight excluding hydrogens is 462 g/mol. The fourth-order valence-corrected chi connectivity index (χ4v) is 5.08. The standard InChI is InChI=1S/C25H19F4N5O/c1-12-17-10-14(26)4-5-15(17)21-16(3-2-8-31-21)18-6-7-20-33-23(25(27,28)29)22(34(18)20)13-9-19(35-12)24(30)32-11-13/h2-5,8-12,18H,6-7H2,1H3,(H2,30,32)/t12-,18?/m1/s1. The molecule has 0 radical (unpaired) electrons. The first-order valence-electron chi connectivity index (χ1n) is 11.1. The van der Waals surface area contributed by atoms with Gasteiger partial charge in [-0.2, -0.15) is 13.2 Å². The van der Waals surface area contributed by atoms with E-state index < -0.39 is 29.8 Å². The number of ether oxygens (including phenoxy) is 1. The Labute approximate surface area is 197 Å². The number of nitrogen functional groups attached to an aromatic ring is 1. The largest absolute Gasteiger partial charge is 0.482 e. The van der Waals surface area contributed by atoms with Crippen LogP contribution in [-0.4, -0.2) is 19.5 Å². The van der Waals surface area contributed by atoms with Crippen molar-refractivity contribution in [2.75, 3.05) is 5.73 Å². The van der Waals surface area contributed by atoms with E-state index in [0.29, 0.717) is 35.5 Å². The summed E-state index contributed by atoms with van der Waals surface area (Å²) in [5.74, 6) is 0.000302. The molecule has 0 amide bonds. The van der Waals surface area contributed by atoms with Crippen molar-refractivity contribution in [3.63, 3.8) is 0 Å². The van der Waals surface area contributed by atoms with Crippen LogP contribution in [0.5, 0.6) is 5.75 Å². The minimum absolute atomic E-state index is 0.0143. The summed E-state index contributed by atoms with van der Waals surface area (Å²) in [6.07, 6.45) is -1.55. The average molecular weight is 481 g/mol. The van der Waals surface area contributed by atoms with Gasteiger partial charge in [0.05, 0.1) is 17.4 Å². The number of halogens is 4. The number of fused-ring (bicyclic) bond motifs is 7. The number of imidazole rings is 1. The lowest BCUT2D eigenvalue weighted by Crippen LogP contribution is -2.15. The van der Waals surface area contributed by atoms with Gasteiger partial charge < -0.3 is 15.0 Å². The molecule has 2 atom stereocenters. The first-order valence-corrected chi connectivity index (χ1v) is 11.1. The third-order valence-electron chi connectivity index (χ3n) is 6.57. The molecule has 5 heterocycles. The van der Waals surface area contributed by atoms with Crippen molar-refractivity contribution in [1.29, 1.82) is 0 Å². The Morgan fingerprint density at radius 2 is 1.94 bits per heavy atom. The van der Waals surface area contributed by atoms with E-state index in [1.54, 1.807) is 29.8 Å². The van der Waals surface area contributed by atoms with Gasteiger partial charge in [0.2, 0.25) is 0 Å². The van der Waals surface area contributed by atoms with Gasteiger partial charge in [-0.3, -0.25) is 4.98 Å². The van der Waals surface area contributed by atoms with Gasteiger partial charge in [0.25, 0.3) is 0 Å². The molecule has 2 aliphatic heterocycles. The van der Waals surface area contributed by atoms with Crippen LogP contribution in [0.25, 0.3) is 22.5 Å². The lowest BCUT2D eigenvalue weighted by Gasteiger charge is -2.25. The number of aryl methyl sites for hydroxylation is 1. The van der Waals surface area contributed by atoms with Crippen LogP contribution in [-0.2, 0) is 12.6 Å². The molecular formula is C25H19F4N5O. The minimum atomic E-state index is -4.67. The zero-order chi connectivity index (χ0) is 24.5. The highest BCUT2D eigenvalue weighted by molar-refractivity contribution is 5.72. The maximum absolute atomic E-state index is 14.3. The Bertz CT molecular complexity index is 1480. The van der Waals surface area contributed by atoms with Crippen molar-refractivity contribution in [2.24, 2.45) is 0 Å². The van der Waals surface area contributed by atoms with Crippen molar-refractivity contribution in [1.82, 2.24) is 19.5 Å². The van der Waals surface area contributed by atoms with Crippen LogP contribution in [0.15, 0.2) is 48.8 Å². The summed E-state index contributed by atoms with van der Waals surface area (Å²) in [5.41, 5.74) is 7.59. The quantitative estimate of drug-likeness (QED) is 0.324. The number of benzene rings is 1. The molecule has 2 bridgehead atoms. The van der Waals surface area contributed by atoms with Crippen LogP contribution in [0.3, 0.4) is 0 Å². The molecule has 2 N–H and O–H groups in total. The van der Waals surface area contributed by atoms with E-state index in [1.165, 1.54) is 24.4 Å². The van der Waals surface area contributed by atoms with E-state index in [2.05, 4.69) is 15.0 Å². The van der Waals surface area contributed by atoms with Gasteiger partial charge in [0, 0.05) is 41.1 Å². The number of anilines is 1. The number of rotatable bonds is 0. The van der Waals surface area contributed by atoms with E-state index in [-0.39, 0.29) is 22.8 Å². The van der Waals surface area contributed by atoms with Crippen LogP contribution in [0.4, 0.5) is 23.4 Å². The van der Waals surface area contributed by atoms with Crippen LogP contribution in [0.1, 0.15) is 48.1 Å². The van der Waals surface area contributed by atoms with Crippen molar-refractivity contribution in [3.05, 3.63) is 77.3 Å². The second-order valence-electron chi connectivity index (χ2n) is 8.69. The van der Waals surface area contributed by atoms with Crippen molar-refractivity contribution in [3.8, 4) is 28.3 Å². The Kier molecular flexibility index (Phi) is 4.64. The zero-order valence-electron chi connectivity index (χ0n) is 18.5. The highest BCUT2D eigenvalue weighted by atomic mass is 19.4. The van der Waals surface area contributed by atoms with Gasteiger partial charge in [0.15, 0.2) is 17.3 Å². The summed E-state index contributed by atoms with van der Waals surface area (Å²) >= 11 is 0. The summed E-state index contributed by atoms with van der Waals surface area (Å²) in [6, 6.07) is 8.90. The Morgan fingerprint density at radius 1 is 1.11 bits per heavy atom. The van der Waals surface area contributed by atoms with Gasteiger partial charge in [0.1, 0.15) is 17.7 Å². The van der Waals surface area contributed by atoms with Crippen LogP contribution >= 0.6 is 0 Å². The van der Waals surface area contributed by atoms with Gasteiger partial charge >= 0.3 is 6.18 Å². The van der Waals surface area contributed by atoms with Gasteiger partial charge in [-0.15, -0.1) is 0 Å². The van der Waals surface area contributed by atoms with E-state index in [1.807, 2.05) is 6.07 Å². The molecule has 4 aromatic rings. The van der Waals surface area contributed by atoms with Crippen LogP contribution in [0, 0.1) is 5.82 Å². The molecule has 0 spiro atoms. The predicted octanol–water partition coefficient (Wildman–Crippen LogP) is 5.74. The number of aromatic nitrogens is 4. The van der Waals surface area contributed by atoms with Gasteiger partial charge in [-0.1, -0.05) is 6.07 Å². The smallest absolute Gasteiger partial charge is 0.435 e. The summed E-state index contributed by atoms with van der Waals surface area (Å²) in [4.78, 5) is 12.7. The summed E-state index contributed by atoms with van der Waals surface area (Å²) in [6.45, 7) is 1.72. The fraction of sp³-hybridized carbons (Fsp3) is 0.240. The highest BCUT2D eigenvalue weighted by Crippen LogP contribution is 2.47. The summed E-state index contributed by atoms with van der Waals surface area (Å²) in [7, 11) is 0. The Balaban J connectivity index is 1.72. The molecule has 0 fully saturated rings. The van der Waals surface area contributed by atoms with Crippen molar-refractivity contribution >= 4 is 5.82 Å². The molecule has 35 heavy (non-hydrogen) atoms. The molecule has 10 heteroatoms. The van der Waals surface area contributed by atoms with Crippen molar-refractivity contribution < 1.29 is 22.3 Å². The first-order chi connectivity index (χ1) is 16.7. The lowest BCUT2D eigenvalue weighted by molar-refractivity contribution is -0.140. The Morgan fingerprint density at radius 3 is 2.74 bits per heavy atom. The maximum atomic E-state index is 14.3. The maximum Gasteiger partial charge on any atom is 0.435 e. The third-order valence-corrected chi connectivity index (χ3v) is 6.57. The number of nitrogens with two attached hydrogens (primary N) is 1. The minimum Gasteiger partial charge on any atom is -0.482 e. The fourth-order valence-electron chi connectivity index (χ4n) is 5.08. The number of alkyl halides is 3. The zero-order valence-corrected chi connectivity index (χ0v) is 18.5. The number of hydrogen-bond donors (Lipinski definition) is 1. The number of pyridine rings is 2. The van der Waals surface area contributed by atoms with E-state index in [9.17, 15) is 17.6 Å². The van der Waals surface area contributed by atoms with Crippen molar-refractivity contribution in [2.45, 2.75) is 38.1 Å². The average Bonchev–Trinajstić information content (AvgIpc) is 3.40. The molecule has 0 saturated heterocycles. The molecule has 2 aliphatic rings. The lowest BCUT2D eigenvalue weighted by atomic mass is 9.93. The molecule has 1 aromatic carbocycles. The molecule has 6 rings (SSSR count). The predicted molar refractivity (Wildman–Crippen MR) is 120 cm³/mol. The van der Waals surface area contributed by atoms with Gasteiger partial charge in [-0.25, -0.2) is 14.4 Å². The van der Waals surface area contributed by atoms with Crippen LogP contribution in [0.2, 0.25) is 0 Å². The van der Waals surface area contributed by atoms with Gasteiger partial charge in [-0.05, 0) is 43.7 Å². The topological polar surface area (TPSA) is 78.9 Å². The molecule has 3 aromatic heterocycles. The molecule has 6 nitrogen and oxygen atoms in total. The van der Waals surface area contributed by atoms with E-state index in [0.717, 1.165) is 5.56 Å². The molecule has 1 unspecified atom stereocenters. The second kappa shape index (κ2) is 7.53. The monoisotopic (exact) mass is 481 g/mol. The molecule has 178 valence electrons. The number of nitrogens with zero attached hydrogens (tertiary/aromatic N) is 4. The third kappa shape index (κ3) is 3.35. The summed E-state index contributed by atoms with van der Waals surface area (Å²) in [5, 5.41) is 0. The second-order valence-corrected chi connectivity index (χ2v) is 8.69. The SMILES string of the molecule is C[C@H]1Oc2cc(cnc2N)-c2c(C(F)(F)F)nc3n2C(CC3)c2cccnc2-c2ccc(F)cc21. The Hall–Kier alpha value is -3.95. The van der Waals surface area contributed by atoms with E-state index >= 15 is 0 Å².